The van der Waals surface area contributed by atoms with E-state index in [9.17, 15) is 4.39 Å². The first-order valence-corrected chi connectivity index (χ1v) is 6.68. The molecule has 0 spiro atoms. The van der Waals surface area contributed by atoms with Crippen LogP contribution in [-0.2, 0) is 0 Å². The van der Waals surface area contributed by atoms with Crippen LogP contribution in [0.3, 0.4) is 0 Å². The largest absolute Gasteiger partial charge is 0.308 e. The minimum atomic E-state index is -0.309. The normalized spacial score (nSPS) is 16.3. The van der Waals surface area contributed by atoms with E-state index in [4.69, 9.17) is 0 Å². The molecule has 1 N–H and O–H groups in total. The zero-order valence-electron chi connectivity index (χ0n) is 10.9. The predicted octanol–water partition coefficient (Wildman–Crippen LogP) is 3.41. The first-order valence-electron chi connectivity index (χ1n) is 6.68. The Bertz CT molecular complexity index is 564. The van der Waals surface area contributed by atoms with Crippen LogP contribution in [0, 0.1) is 5.95 Å². The van der Waals surface area contributed by atoms with Gasteiger partial charge in [-0.15, -0.1) is 0 Å². The van der Waals surface area contributed by atoms with E-state index in [0.29, 0.717) is 5.92 Å². The molecule has 1 aromatic carbocycles. The van der Waals surface area contributed by atoms with Crippen LogP contribution in [0.25, 0.3) is 0 Å². The summed E-state index contributed by atoms with van der Waals surface area (Å²) >= 11 is 0. The lowest BCUT2D eigenvalue weighted by Crippen LogP contribution is -2.19. The molecule has 2 aromatic rings. The van der Waals surface area contributed by atoms with E-state index < -0.39 is 0 Å². The molecule has 0 bridgehead atoms. The molecule has 1 aliphatic carbocycles. The fraction of sp³-hybridized carbons (Fsp3) is 0.312. The molecule has 1 fully saturated rings. The van der Waals surface area contributed by atoms with Crippen LogP contribution in [0.2, 0.25) is 0 Å². The van der Waals surface area contributed by atoms with E-state index in [1.165, 1.54) is 0 Å². The van der Waals surface area contributed by atoms with E-state index in [1.807, 2.05) is 49.5 Å². The van der Waals surface area contributed by atoms with Crippen LogP contribution in [0.15, 0.2) is 42.5 Å². The second kappa shape index (κ2) is 5.10. The van der Waals surface area contributed by atoms with Gasteiger partial charge in [0.2, 0.25) is 5.95 Å². The maximum absolute atomic E-state index is 14.0. The molecule has 3 rings (SSSR count). The maximum atomic E-state index is 14.0. The van der Waals surface area contributed by atoms with Crippen molar-refractivity contribution in [3.63, 3.8) is 0 Å². The van der Waals surface area contributed by atoms with E-state index in [0.717, 1.165) is 29.7 Å². The van der Waals surface area contributed by atoms with Crippen molar-refractivity contribution in [2.75, 3.05) is 7.05 Å². The van der Waals surface area contributed by atoms with Crippen molar-refractivity contribution < 1.29 is 4.39 Å². The van der Waals surface area contributed by atoms with E-state index in [1.54, 1.807) is 0 Å². The standard InChI is InChI=1S/C16H17FN2/c1-18-15(12-5-3-2-4-6-12)14-10-9-13(11-7-8-11)16(17)19-14/h2-6,9-11,15,18H,7-8H2,1H3/t15-/m0/s1. The van der Waals surface area contributed by atoms with Crippen LogP contribution < -0.4 is 5.32 Å². The summed E-state index contributed by atoms with van der Waals surface area (Å²) < 4.78 is 14.0. The maximum Gasteiger partial charge on any atom is 0.216 e. The number of pyridine rings is 1. The fourth-order valence-corrected chi connectivity index (χ4v) is 2.45. The Morgan fingerprint density at radius 1 is 1.16 bits per heavy atom. The number of halogens is 1. The Hall–Kier alpha value is -1.74. The molecule has 1 heterocycles. The van der Waals surface area contributed by atoms with Crippen molar-refractivity contribution >= 4 is 0 Å². The van der Waals surface area contributed by atoms with Gasteiger partial charge in [0.1, 0.15) is 0 Å². The Labute approximate surface area is 112 Å². The molecule has 1 atom stereocenters. The van der Waals surface area contributed by atoms with Crippen LogP contribution >= 0.6 is 0 Å². The Morgan fingerprint density at radius 2 is 1.89 bits per heavy atom. The average Bonchev–Trinajstić information content (AvgIpc) is 3.25. The number of nitrogens with zero attached hydrogens (tertiary/aromatic N) is 1. The number of hydrogen-bond donors (Lipinski definition) is 1. The van der Waals surface area contributed by atoms with Gasteiger partial charge in [-0.1, -0.05) is 36.4 Å². The highest BCUT2D eigenvalue weighted by atomic mass is 19.1. The van der Waals surface area contributed by atoms with Crippen molar-refractivity contribution in [2.45, 2.75) is 24.8 Å². The molecular formula is C16H17FN2. The molecule has 19 heavy (non-hydrogen) atoms. The lowest BCUT2D eigenvalue weighted by Gasteiger charge is -2.16. The molecule has 0 amide bonds. The predicted molar refractivity (Wildman–Crippen MR) is 73.5 cm³/mol. The molecule has 0 unspecified atom stereocenters. The summed E-state index contributed by atoms with van der Waals surface area (Å²) in [7, 11) is 1.87. The van der Waals surface area contributed by atoms with E-state index >= 15 is 0 Å². The first kappa shape index (κ1) is 12.3. The van der Waals surface area contributed by atoms with E-state index in [-0.39, 0.29) is 12.0 Å². The molecule has 1 aromatic heterocycles. The topological polar surface area (TPSA) is 24.9 Å². The number of hydrogen-bond acceptors (Lipinski definition) is 2. The minimum absolute atomic E-state index is 0.0658. The number of aromatic nitrogens is 1. The summed E-state index contributed by atoms with van der Waals surface area (Å²) in [5, 5.41) is 3.20. The zero-order valence-corrected chi connectivity index (χ0v) is 10.9. The van der Waals surface area contributed by atoms with Crippen LogP contribution in [0.1, 0.15) is 41.6 Å². The second-order valence-electron chi connectivity index (χ2n) is 5.02. The Kier molecular flexibility index (Phi) is 3.30. The molecule has 98 valence electrons. The third-order valence-corrected chi connectivity index (χ3v) is 3.63. The van der Waals surface area contributed by atoms with Crippen molar-refractivity contribution in [1.29, 1.82) is 0 Å². The van der Waals surface area contributed by atoms with E-state index in [2.05, 4.69) is 10.3 Å². The molecule has 0 aliphatic heterocycles. The lowest BCUT2D eigenvalue weighted by molar-refractivity contribution is 0.547. The summed E-state index contributed by atoms with van der Waals surface area (Å²) in [6, 6.07) is 13.7. The Morgan fingerprint density at radius 3 is 2.47 bits per heavy atom. The lowest BCUT2D eigenvalue weighted by atomic mass is 10.0. The molecule has 3 heteroatoms. The molecule has 1 aliphatic rings. The third-order valence-electron chi connectivity index (χ3n) is 3.63. The van der Waals surface area contributed by atoms with Gasteiger partial charge in [-0.3, -0.25) is 0 Å². The molecule has 2 nitrogen and oxygen atoms in total. The van der Waals surface area contributed by atoms with Crippen molar-refractivity contribution in [3.05, 3.63) is 65.2 Å². The van der Waals surface area contributed by atoms with Crippen LogP contribution in [-0.4, -0.2) is 12.0 Å². The highest BCUT2D eigenvalue weighted by Crippen LogP contribution is 2.41. The monoisotopic (exact) mass is 256 g/mol. The average molecular weight is 256 g/mol. The van der Waals surface area contributed by atoms with Gasteiger partial charge >= 0.3 is 0 Å². The van der Waals surface area contributed by atoms with Crippen LogP contribution in [0.4, 0.5) is 4.39 Å². The van der Waals surface area contributed by atoms with Gasteiger partial charge in [-0.2, -0.15) is 4.39 Å². The van der Waals surface area contributed by atoms with Crippen molar-refractivity contribution in [1.82, 2.24) is 10.3 Å². The summed E-state index contributed by atoms with van der Waals surface area (Å²) in [5.74, 6) is 0.0856. The fourth-order valence-electron chi connectivity index (χ4n) is 2.45. The highest BCUT2D eigenvalue weighted by Gasteiger charge is 2.27. The van der Waals surface area contributed by atoms with Gasteiger partial charge in [0, 0.05) is 5.56 Å². The molecule has 0 radical (unpaired) electrons. The third kappa shape index (κ3) is 2.51. The highest BCUT2D eigenvalue weighted by molar-refractivity contribution is 5.31. The number of nitrogens with one attached hydrogen (secondary N) is 1. The summed E-state index contributed by atoms with van der Waals surface area (Å²) in [6.07, 6.45) is 2.18. The summed E-state index contributed by atoms with van der Waals surface area (Å²) in [6.45, 7) is 0. The van der Waals surface area contributed by atoms with Crippen molar-refractivity contribution in [2.24, 2.45) is 0 Å². The Balaban J connectivity index is 1.93. The summed E-state index contributed by atoms with van der Waals surface area (Å²) in [5.41, 5.74) is 2.60. The van der Waals surface area contributed by atoms with Crippen molar-refractivity contribution in [3.8, 4) is 0 Å². The number of benzene rings is 1. The summed E-state index contributed by atoms with van der Waals surface area (Å²) in [4.78, 5) is 4.15. The van der Waals surface area contributed by atoms with Crippen LogP contribution in [0.5, 0.6) is 0 Å². The van der Waals surface area contributed by atoms with Gasteiger partial charge in [0.05, 0.1) is 11.7 Å². The van der Waals surface area contributed by atoms with Gasteiger partial charge in [-0.05, 0) is 37.4 Å². The van der Waals surface area contributed by atoms with Gasteiger partial charge < -0.3 is 5.32 Å². The smallest absolute Gasteiger partial charge is 0.216 e. The quantitative estimate of drug-likeness (QED) is 0.848. The van der Waals surface area contributed by atoms with Gasteiger partial charge in [-0.25, -0.2) is 4.98 Å². The SMILES string of the molecule is CN[C@@H](c1ccccc1)c1ccc(C2CC2)c(F)n1. The molecular weight excluding hydrogens is 239 g/mol. The van der Waals surface area contributed by atoms with Gasteiger partial charge in [0.25, 0.3) is 0 Å². The number of rotatable bonds is 4. The first-order chi connectivity index (χ1) is 9.29. The molecule has 0 saturated heterocycles. The minimum Gasteiger partial charge on any atom is -0.308 e. The zero-order chi connectivity index (χ0) is 13.2. The van der Waals surface area contributed by atoms with Gasteiger partial charge in [0.15, 0.2) is 0 Å². The second-order valence-corrected chi connectivity index (χ2v) is 5.02. The molecule has 1 saturated carbocycles.